The standard InChI is InChI=1S/C13H19N.ClH/c1-10(2)11-5-3-6-12(9-11)13-7-4-8-14-13;/h3,5-6,9-10,13-14H,4,7-8H2,1-2H3;1H/t13-;/m1./s1. The summed E-state index contributed by atoms with van der Waals surface area (Å²) in [6.45, 7) is 5.68. The van der Waals surface area contributed by atoms with Crippen molar-refractivity contribution < 1.29 is 0 Å². The molecule has 2 rings (SSSR count). The van der Waals surface area contributed by atoms with E-state index in [0.29, 0.717) is 12.0 Å². The van der Waals surface area contributed by atoms with Gasteiger partial charge in [0, 0.05) is 6.04 Å². The summed E-state index contributed by atoms with van der Waals surface area (Å²) in [5.41, 5.74) is 2.92. The Morgan fingerprint density at radius 2 is 2.13 bits per heavy atom. The SMILES string of the molecule is CC(C)c1cccc([C@H]2CCCN2)c1.Cl. The lowest BCUT2D eigenvalue weighted by Gasteiger charge is -2.13. The van der Waals surface area contributed by atoms with Crippen LogP contribution in [0.4, 0.5) is 0 Å². The topological polar surface area (TPSA) is 12.0 Å². The molecule has 0 bridgehead atoms. The van der Waals surface area contributed by atoms with Crippen LogP contribution in [0.1, 0.15) is 49.8 Å². The zero-order valence-corrected chi connectivity index (χ0v) is 10.3. The van der Waals surface area contributed by atoms with Crippen molar-refractivity contribution in [3.8, 4) is 0 Å². The normalized spacial score (nSPS) is 20.3. The Morgan fingerprint density at radius 3 is 2.73 bits per heavy atom. The van der Waals surface area contributed by atoms with E-state index < -0.39 is 0 Å². The largest absolute Gasteiger partial charge is 0.310 e. The first-order chi connectivity index (χ1) is 6.77. The molecular weight excluding hydrogens is 206 g/mol. The first-order valence-corrected chi connectivity index (χ1v) is 5.60. The molecule has 84 valence electrons. The summed E-state index contributed by atoms with van der Waals surface area (Å²) in [5, 5.41) is 3.54. The van der Waals surface area contributed by atoms with Crippen LogP contribution in [0, 0.1) is 0 Å². The Bertz CT molecular complexity index is 303. The molecule has 1 fully saturated rings. The first kappa shape index (κ1) is 12.5. The molecule has 15 heavy (non-hydrogen) atoms. The van der Waals surface area contributed by atoms with Crippen LogP contribution in [0.2, 0.25) is 0 Å². The molecule has 0 saturated carbocycles. The lowest BCUT2D eigenvalue weighted by atomic mass is 9.97. The van der Waals surface area contributed by atoms with Gasteiger partial charge in [0.15, 0.2) is 0 Å². The Balaban J connectivity index is 0.00000112. The molecule has 0 amide bonds. The van der Waals surface area contributed by atoms with Crippen LogP contribution in [-0.4, -0.2) is 6.54 Å². The fourth-order valence-corrected chi connectivity index (χ4v) is 2.10. The monoisotopic (exact) mass is 225 g/mol. The number of hydrogen-bond acceptors (Lipinski definition) is 1. The number of nitrogens with one attached hydrogen (secondary N) is 1. The highest BCUT2D eigenvalue weighted by Crippen LogP contribution is 2.25. The van der Waals surface area contributed by atoms with Gasteiger partial charge in [-0.1, -0.05) is 38.1 Å². The predicted molar refractivity (Wildman–Crippen MR) is 67.8 cm³/mol. The van der Waals surface area contributed by atoms with Crippen molar-refractivity contribution >= 4 is 12.4 Å². The molecule has 1 nitrogen and oxygen atoms in total. The lowest BCUT2D eigenvalue weighted by Crippen LogP contribution is -2.12. The van der Waals surface area contributed by atoms with E-state index in [4.69, 9.17) is 0 Å². The molecule has 1 atom stereocenters. The van der Waals surface area contributed by atoms with E-state index in [1.54, 1.807) is 0 Å². The second-order valence-electron chi connectivity index (χ2n) is 4.47. The summed E-state index contributed by atoms with van der Waals surface area (Å²) in [5.74, 6) is 0.636. The molecule has 0 unspecified atom stereocenters. The zero-order chi connectivity index (χ0) is 9.97. The molecular formula is C13H20ClN. The first-order valence-electron chi connectivity index (χ1n) is 5.60. The maximum atomic E-state index is 3.54. The number of benzene rings is 1. The highest BCUT2D eigenvalue weighted by molar-refractivity contribution is 5.85. The fraction of sp³-hybridized carbons (Fsp3) is 0.538. The van der Waals surface area contributed by atoms with Crippen LogP contribution in [-0.2, 0) is 0 Å². The maximum Gasteiger partial charge on any atom is 0.0320 e. The van der Waals surface area contributed by atoms with Gasteiger partial charge in [-0.05, 0) is 36.4 Å². The molecule has 0 aromatic heterocycles. The minimum atomic E-state index is 0. The van der Waals surface area contributed by atoms with Gasteiger partial charge in [-0.25, -0.2) is 0 Å². The molecule has 1 aromatic carbocycles. The van der Waals surface area contributed by atoms with Gasteiger partial charge in [0.2, 0.25) is 0 Å². The van der Waals surface area contributed by atoms with Gasteiger partial charge in [0.1, 0.15) is 0 Å². The quantitative estimate of drug-likeness (QED) is 0.810. The van der Waals surface area contributed by atoms with Crippen LogP contribution in [0.25, 0.3) is 0 Å². The van der Waals surface area contributed by atoms with Crippen LogP contribution in [0.15, 0.2) is 24.3 Å². The number of hydrogen-bond donors (Lipinski definition) is 1. The Morgan fingerprint density at radius 1 is 1.33 bits per heavy atom. The number of halogens is 1. The second-order valence-corrected chi connectivity index (χ2v) is 4.47. The van der Waals surface area contributed by atoms with Crippen molar-refractivity contribution in [3.05, 3.63) is 35.4 Å². The van der Waals surface area contributed by atoms with Gasteiger partial charge in [0.05, 0.1) is 0 Å². The minimum Gasteiger partial charge on any atom is -0.310 e. The molecule has 0 radical (unpaired) electrons. The third kappa shape index (κ3) is 2.96. The van der Waals surface area contributed by atoms with Crippen molar-refractivity contribution in [1.29, 1.82) is 0 Å². The van der Waals surface area contributed by atoms with Crippen LogP contribution < -0.4 is 5.32 Å². The molecule has 1 N–H and O–H groups in total. The Kier molecular flexibility index (Phi) is 4.62. The third-order valence-corrected chi connectivity index (χ3v) is 3.04. The summed E-state index contributed by atoms with van der Waals surface area (Å²) in [4.78, 5) is 0. The van der Waals surface area contributed by atoms with E-state index in [1.165, 1.54) is 30.5 Å². The summed E-state index contributed by atoms with van der Waals surface area (Å²) < 4.78 is 0. The van der Waals surface area contributed by atoms with Crippen molar-refractivity contribution in [3.63, 3.8) is 0 Å². The number of rotatable bonds is 2. The smallest absolute Gasteiger partial charge is 0.0320 e. The van der Waals surface area contributed by atoms with Gasteiger partial charge in [-0.3, -0.25) is 0 Å². The summed E-state index contributed by atoms with van der Waals surface area (Å²) in [6, 6.07) is 9.62. The fourth-order valence-electron chi connectivity index (χ4n) is 2.10. The molecule has 1 aliphatic rings. The average molecular weight is 226 g/mol. The van der Waals surface area contributed by atoms with Gasteiger partial charge in [-0.2, -0.15) is 0 Å². The van der Waals surface area contributed by atoms with E-state index in [2.05, 4.69) is 43.4 Å². The van der Waals surface area contributed by atoms with Gasteiger partial charge in [0.25, 0.3) is 0 Å². The van der Waals surface area contributed by atoms with Crippen LogP contribution >= 0.6 is 12.4 Å². The molecule has 2 heteroatoms. The highest BCUT2D eigenvalue weighted by atomic mass is 35.5. The summed E-state index contributed by atoms with van der Waals surface area (Å²) in [7, 11) is 0. The van der Waals surface area contributed by atoms with E-state index in [9.17, 15) is 0 Å². The van der Waals surface area contributed by atoms with Gasteiger partial charge in [-0.15, -0.1) is 12.4 Å². The third-order valence-electron chi connectivity index (χ3n) is 3.04. The average Bonchev–Trinajstić information content (AvgIpc) is 2.71. The van der Waals surface area contributed by atoms with E-state index >= 15 is 0 Å². The van der Waals surface area contributed by atoms with Crippen molar-refractivity contribution in [2.45, 2.75) is 38.6 Å². The van der Waals surface area contributed by atoms with Crippen molar-refractivity contribution in [2.24, 2.45) is 0 Å². The molecule has 0 aliphatic carbocycles. The predicted octanol–water partition coefficient (Wildman–Crippen LogP) is 3.66. The van der Waals surface area contributed by atoms with E-state index in [0.717, 1.165) is 0 Å². The van der Waals surface area contributed by atoms with Crippen LogP contribution in [0.3, 0.4) is 0 Å². The van der Waals surface area contributed by atoms with Crippen LogP contribution in [0.5, 0.6) is 0 Å². The highest BCUT2D eigenvalue weighted by Gasteiger charge is 2.16. The van der Waals surface area contributed by atoms with E-state index in [1.807, 2.05) is 0 Å². The maximum absolute atomic E-state index is 3.54. The summed E-state index contributed by atoms with van der Waals surface area (Å²) >= 11 is 0. The van der Waals surface area contributed by atoms with Gasteiger partial charge < -0.3 is 5.32 Å². The molecule has 1 heterocycles. The molecule has 1 aliphatic heterocycles. The van der Waals surface area contributed by atoms with E-state index in [-0.39, 0.29) is 12.4 Å². The zero-order valence-electron chi connectivity index (χ0n) is 9.49. The minimum absolute atomic E-state index is 0. The second kappa shape index (κ2) is 5.53. The lowest BCUT2D eigenvalue weighted by molar-refractivity contribution is 0.646. The van der Waals surface area contributed by atoms with Crippen molar-refractivity contribution in [1.82, 2.24) is 5.32 Å². The Labute approximate surface area is 98.7 Å². The molecule has 1 saturated heterocycles. The van der Waals surface area contributed by atoms with Gasteiger partial charge >= 0.3 is 0 Å². The molecule has 1 aromatic rings. The Hall–Kier alpha value is -0.530. The molecule has 0 spiro atoms. The van der Waals surface area contributed by atoms with Crippen molar-refractivity contribution in [2.75, 3.05) is 6.54 Å². The summed E-state index contributed by atoms with van der Waals surface area (Å²) in [6.07, 6.45) is 2.61.